The highest BCUT2D eigenvalue weighted by Crippen LogP contribution is 2.41. The number of fused-ring (bicyclic) bond motifs is 1. The second-order valence-electron chi connectivity index (χ2n) is 6.11. The molecule has 0 saturated heterocycles. The Morgan fingerprint density at radius 2 is 1.83 bits per heavy atom. The highest BCUT2D eigenvalue weighted by atomic mass is 35.5. The molecule has 0 aliphatic carbocycles. The van der Waals surface area contributed by atoms with Crippen molar-refractivity contribution in [2.45, 2.75) is 33.4 Å². The third-order valence-electron chi connectivity index (χ3n) is 4.34. The average Bonchev–Trinajstić information content (AvgIpc) is 2.79. The smallest absolute Gasteiger partial charge is 0.254 e. The van der Waals surface area contributed by atoms with Crippen LogP contribution in [-0.4, -0.2) is 11.8 Å². The van der Waals surface area contributed by atoms with E-state index in [2.05, 4.69) is 5.32 Å². The maximum absolute atomic E-state index is 13.0. The van der Waals surface area contributed by atoms with Crippen molar-refractivity contribution in [1.29, 1.82) is 0 Å². The summed E-state index contributed by atoms with van der Waals surface area (Å²) in [5.74, 6) is -0.350. The van der Waals surface area contributed by atoms with Crippen LogP contribution < -0.4 is 10.2 Å². The van der Waals surface area contributed by atoms with Gasteiger partial charge in [0.2, 0.25) is 5.91 Å². The van der Waals surface area contributed by atoms with Gasteiger partial charge in [0.05, 0.1) is 12.2 Å². The van der Waals surface area contributed by atoms with E-state index in [1.807, 2.05) is 50.2 Å². The molecule has 2 aromatic rings. The van der Waals surface area contributed by atoms with E-state index < -0.39 is 6.04 Å². The van der Waals surface area contributed by atoms with Crippen LogP contribution in [-0.2, 0) is 16.1 Å². The molecule has 24 heavy (non-hydrogen) atoms. The zero-order valence-corrected chi connectivity index (χ0v) is 14.6. The number of anilines is 1. The predicted octanol–water partition coefficient (Wildman–Crippen LogP) is 3.68. The number of hydrogen-bond donors (Lipinski definition) is 1. The molecule has 124 valence electrons. The summed E-state index contributed by atoms with van der Waals surface area (Å²) in [5, 5.41) is 3.41. The fourth-order valence-electron chi connectivity index (χ4n) is 3.22. The zero-order valence-electron chi connectivity index (χ0n) is 13.9. The minimum atomic E-state index is -0.639. The van der Waals surface area contributed by atoms with Crippen LogP contribution in [0.5, 0.6) is 0 Å². The summed E-state index contributed by atoms with van der Waals surface area (Å²) in [6.07, 6.45) is 0. The molecule has 3 rings (SSSR count). The Labute approximate surface area is 146 Å². The summed E-state index contributed by atoms with van der Waals surface area (Å²) in [7, 11) is 0. The summed E-state index contributed by atoms with van der Waals surface area (Å²) in [6, 6.07) is 10.8. The lowest BCUT2D eigenvalue weighted by atomic mass is 9.99. The van der Waals surface area contributed by atoms with Gasteiger partial charge in [-0.25, -0.2) is 0 Å². The molecule has 0 unspecified atom stereocenters. The van der Waals surface area contributed by atoms with Crippen LogP contribution in [0.2, 0.25) is 5.02 Å². The number of carbonyl (C=O) groups is 2. The number of benzene rings is 2. The molecule has 5 heteroatoms. The molecule has 1 heterocycles. The Morgan fingerprint density at radius 1 is 1.17 bits per heavy atom. The van der Waals surface area contributed by atoms with Crippen molar-refractivity contribution in [2.24, 2.45) is 0 Å². The van der Waals surface area contributed by atoms with Crippen molar-refractivity contribution >= 4 is 29.1 Å². The summed E-state index contributed by atoms with van der Waals surface area (Å²) in [6.45, 7) is 5.74. The average molecular weight is 343 g/mol. The van der Waals surface area contributed by atoms with Gasteiger partial charge in [-0.3, -0.25) is 9.59 Å². The number of amides is 2. The molecule has 4 nitrogen and oxygen atoms in total. The van der Waals surface area contributed by atoms with Gasteiger partial charge in [-0.15, -0.1) is 0 Å². The van der Waals surface area contributed by atoms with Gasteiger partial charge in [0.25, 0.3) is 5.91 Å². The maximum Gasteiger partial charge on any atom is 0.254 e. The second-order valence-corrected chi connectivity index (χ2v) is 6.52. The van der Waals surface area contributed by atoms with Gasteiger partial charge in [0, 0.05) is 17.5 Å². The van der Waals surface area contributed by atoms with E-state index in [0.29, 0.717) is 11.6 Å². The summed E-state index contributed by atoms with van der Waals surface area (Å²) < 4.78 is 0. The predicted molar refractivity (Wildman–Crippen MR) is 95.1 cm³/mol. The molecule has 2 amide bonds. The van der Waals surface area contributed by atoms with Crippen molar-refractivity contribution in [3.05, 3.63) is 63.7 Å². The van der Waals surface area contributed by atoms with Crippen LogP contribution >= 0.6 is 11.6 Å². The van der Waals surface area contributed by atoms with Crippen LogP contribution in [0.4, 0.5) is 5.69 Å². The molecule has 0 fully saturated rings. The normalized spacial score (nSPS) is 16.2. The molecule has 0 radical (unpaired) electrons. The van der Waals surface area contributed by atoms with E-state index in [4.69, 9.17) is 11.6 Å². The molecule has 0 saturated carbocycles. The number of hydrogen-bond acceptors (Lipinski definition) is 2. The monoisotopic (exact) mass is 342 g/mol. The number of halogens is 1. The summed E-state index contributed by atoms with van der Waals surface area (Å²) in [5.41, 5.74) is 4.62. The molecular formula is C19H19ClN2O2. The van der Waals surface area contributed by atoms with Crippen molar-refractivity contribution in [3.63, 3.8) is 0 Å². The van der Waals surface area contributed by atoms with Gasteiger partial charge in [0.15, 0.2) is 0 Å². The van der Waals surface area contributed by atoms with Gasteiger partial charge in [-0.2, -0.15) is 0 Å². The molecule has 2 aromatic carbocycles. The molecule has 1 N–H and O–H groups in total. The fraction of sp³-hybridized carbons (Fsp3) is 0.263. The topological polar surface area (TPSA) is 49.4 Å². The Bertz CT molecular complexity index is 832. The first-order valence-corrected chi connectivity index (χ1v) is 8.20. The SMILES string of the molecule is CC(=O)N[C@H]1C(=O)N(Cc2ccccc2Cl)c2c(C)ccc(C)c21. The minimum absolute atomic E-state index is 0.127. The van der Waals surface area contributed by atoms with E-state index in [0.717, 1.165) is 27.9 Å². The molecule has 0 spiro atoms. The van der Waals surface area contributed by atoms with Crippen molar-refractivity contribution in [2.75, 3.05) is 4.90 Å². The molecule has 0 bridgehead atoms. The van der Waals surface area contributed by atoms with Crippen LogP contribution in [0.15, 0.2) is 36.4 Å². The van der Waals surface area contributed by atoms with E-state index in [-0.39, 0.29) is 11.8 Å². The number of carbonyl (C=O) groups excluding carboxylic acids is 2. The number of nitrogens with one attached hydrogen (secondary N) is 1. The standard InChI is InChI=1S/C19H19ClN2O2/c1-11-8-9-12(2)18-16(11)17(21-13(3)23)19(24)22(18)10-14-6-4-5-7-15(14)20/h4-9,17H,10H2,1-3H3,(H,21,23)/t17-/m1/s1. The number of nitrogens with zero attached hydrogens (tertiary/aromatic N) is 1. The van der Waals surface area contributed by atoms with Gasteiger partial charge in [-0.05, 0) is 36.6 Å². The third-order valence-corrected chi connectivity index (χ3v) is 4.71. The molecule has 1 atom stereocenters. The summed E-state index contributed by atoms with van der Waals surface area (Å²) >= 11 is 6.26. The van der Waals surface area contributed by atoms with E-state index >= 15 is 0 Å². The Morgan fingerprint density at radius 3 is 2.50 bits per heavy atom. The van der Waals surface area contributed by atoms with Crippen LogP contribution in [0.1, 0.15) is 35.2 Å². The van der Waals surface area contributed by atoms with Crippen LogP contribution in [0, 0.1) is 13.8 Å². The maximum atomic E-state index is 13.0. The zero-order chi connectivity index (χ0) is 17.4. The van der Waals surface area contributed by atoms with Crippen molar-refractivity contribution < 1.29 is 9.59 Å². The highest BCUT2D eigenvalue weighted by Gasteiger charge is 2.40. The quantitative estimate of drug-likeness (QED) is 0.925. The largest absolute Gasteiger partial charge is 0.341 e. The Hall–Kier alpha value is -2.33. The lowest BCUT2D eigenvalue weighted by molar-refractivity contribution is -0.126. The van der Waals surface area contributed by atoms with Gasteiger partial charge >= 0.3 is 0 Å². The van der Waals surface area contributed by atoms with Crippen LogP contribution in [0.3, 0.4) is 0 Å². The second kappa shape index (κ2) is 6.29. The lowest BCUT2D eigenvalue weighted by Crippen LogP contribution is -2.36. The Kier molecular flexibility index (Phi) is 4.33. The molecule has 0 aromatic heterocycles. The molecule has 1 aliphatic rings. The van der Waals surface area contributed by atoms with Crippen molar-refractivity contribution in [3.8, 4) is 0 Å². The molecular weight excluding hydrogens is 324 g/mol. The third kappa shape index (κ3) is 2.78. The minimum Gasteiger partial charge on any atom is -0.341 e. The Balaban J connectivity index is 2.09. The first kappa shape index (κ1) is 16.5. The van der Waals surface area contributed by atoms with E-state index in [9.17, 15) is 9.59 Å². The molecule has 1 aliphatic heterocycles. The van der Waals surface area contributed by atoms with E-state index in [1.165, 1.54) is 6.92 Å². The van der Waals surface area contributed by atoms with Gasteiger partial charge in [0.1, 0.15) is 6.04 Å². The van der Waals surface area contributed by atoms with Gasteiger partial charge in [-0.1, -0.05) is 41.9 Å². The van der Waals surface area contributed by atoms with Crippen molar-refractivity contribution in [1.82, 2.24) is 5.32 Å². The first-order valence-electron chi connectivity index (χ1n) is 7.82. The highest BCUT2D eigenvalue weighted by molar-refractivity contribution is 6.31. The summed E-state index contributed by atoms with van der Waals surface area (Å²) in [4.78, 5) is 26.3. The van der Waals surface area contributed by atoms with Gasteiger partial charge < -0.3 is 10.2 Å². The first-order chi connectivity index (χ1) is 11.4. The van der Waals surface area contributed by atoms with Crippen LogP contribution in [0.25, 0.3) is 0 Å². The lowest BCUT2D eigenvalue weighted by Gasteiger charge is -2.20. The number of aryl methyl sites for hydroxylation is 2. The fourth-order valence-corrected chi connectivity index (χ4v) is 3.42. The number of rotatable bonds is 3. The van der Waals surface area contributed by atoms with E-state index in [1.54, 1.807) is 4.90 Å².